The van der Waals surface area contributed by atoms with Gasteiger partial charge in [-0.05, 0) is 50.2 Å². The van der Waals surface area contributed by atoms with Crippen molar-refractivity contribution in [1.29, 1.82) is 0 Å². The number of pyridine rings is 1. The van der Waals surface area contributed by atoms with Gasteiger partial charge >= 0.3 is 6.36 Å². The van der Waals surface area contributed by atoms with Gasteiger partial charge in [-0.1, -0.05) is 6.07 Å². The highest BCUT2D eigenvalue weighted by Gasteiger charge is 2.33. The number of sulfonamides is 1. The van der Waals surface area contributed by atoms with Crippen LogP contribution in [0.15, 0.2) is 53.6 Å². The largest absolute Gasteiger partial charge is 0.573 e. The molecule has 0 bridgehead atoms. The number of ether oxygens (including phenoxy) is 1. The van der Waals surface area contributed by atoms with E-state index in [0.29, 0.717) is 18.9 Å². The zero-order chi connectivity index (χ0) is 23.8. The Labute approximate surface area is 189 Å². The Kier molecular flexibility index (Phi) is 6.06. The van der Waals surface area contributed by atoms with Gasteiger partial charge in [0.05, 0.1) is 22.0 Å². The molecule has 0 spiro atoms. The number of piperazine rings is 1. The summed E-state index contributed by atoms with van der Waals surface area (Å²) in [7, 11) is -3.85. The zero-order valence-electron chi connectivity index (χ0n) is 18.0. The van der Waals surface area contributed by atoms with Gasteiger partial charge in [0.2, 0.25) is 10.0 Å². The van der Waals surface area contributed by atoms with E-state index in [1.165, 1.54) is 4.31 Å². The molecule has 0 amide bonds. The molecule has 0 atom stereocenters. The van der Waals surface area contributed by atoms with Crippen LogP contribution in [0.25, 0.3) is 5.82 Å². The van der Waals surface area contributed by atoms with E-state index in [4.69, 9.17) is 0 Å². The third-order valence-electron chi connectivity index (χ3n) is 5.37. The smallest absolute Gasteiger partial charge is 0.406 e. The van der Waals surface area contributed by atoms with Gasteiger partial charge in [-0.25, -0.2) is 18.1 Å². The molecule has 8 nitrogen and oxygen atoms in total. The Morgan fingerprint density at radius 2 is 1.64 bits per heavy atom. The monoisotopic (exact) mass is 481 g/mol. The second kappa shape index (κ2) is 8.67. The SMILES string of the molecule is Cc1nn(-c2ccccn2)c(C)c1N1CCN(S(=O)(=O)c2ccc(OC(F)(F)F)cc2)CC1. The van der Waals surface area contributed by atoms with E-state index in [2.05, 4.69) is 19.7 Å². The van der Waals surface area contributed by atoms with Crippen LogP contribution < -0.4 is 9.64 Å². The van der Waals surface area contributed by atoms with Crippen LogP contribution in [0.1, 0.15) is 11.4 Å². The summed E-state index contributed by atoms with van der Waals surface area (Å²) in [6.07, 6.45) is -3.14. The van der Waals surface area contributed by atoms with Crippen molar-refractivity contribution in [3.8, 4) is 11.6 Å². The van der Waals surface area contributed by atoms with Crippen molar-refractivity contribution in [2.24, 2.45) is 0 Å². The summed E-state index contributed by atoms with van der Waals surface area (Å²) in [5.41, 5.74) is 2.66. The molecule has 0 aliphatic carbocycles. The first-order valence-electron chi connectivity index (χ1n) is 10.1. The fourth-order valence-electron chi connectivity index (χ4n) is 3.91. The first-order chi connectivity index (χ1) is 15.6. The highest BCUT2D eigenvalue weighted by atomic mass is 32.2. The number of benzene rings is 1. The van der Waals surface area contributed by atoms with Gasteiger partial charge in [0.25, 0.3) is 0 Å². The van der Waals surface area contributed by atoms with E-state index in [9.17, 15) is 21.6 Å². The summed E-state index contributed by atoms with van der Waals surface area (Å²) < 4.78 is 69.8. The molecule has 12 heteroatoms. The molecule has 0 unspecified atom stereocenters. The molecule has 0 saturated carbocycles. The minimum absolute atomic E-state index is 0.0826. The number of aromatic nitrogens is 3. The molecule has 1 aliphatic heterocycles. The summed E-state index contributed by atoms with van der Waals surface area (Å²) >= 11 is 0. The van der Waals surface area contributed by atoms with Gasteiger partial charge in [-0.3, -0.25) is 0 Å². The Bertz CT molecular complexity index is 1220. The number of alkyl halides is 3. The number of nitrogens with zero attached hydrogens (tertiary/aromatic N) is 5. The van der Waals surface area contributed by atoms with Crippen molar-refractivity contribution in [3.05, 3.63) is 60.0 Å². The van der Waals surface area contributed by atoms with Gasteiger partial charge in [0.1, 0.15) is 5.75 Å². The molecule has 3 heterocycles. The van der Waals surface area contributed by atoms with Crippen LogP contribution in [0.2, 0.25) is 0 Å². The Morgan fingerprint density at radius 1 is 0.970 bits per heavy atom. The third-order valence-corrected chi connectivity index (χ3v) is 7.28. The average Bonchev–Trinajstić information content (AvgIpc) is 3.07. The lowest BCUT2D eigenvalue weighted by Crippen LogP contribution is -2.49. The van der Waals surface area contributed by atoms with Crippen molar-refractivity contribution >= 4 is 15.7 Å². The van der Waals surface area contributed by atoms with Crippen molar-refractivity contribution in [3.63, 3.8) is 0 Å². The minimum atomic E-state index is -4.84. The fraction of sp³-hybridized carbons (Fsp3) is 0.333. The van der Waals surface area contributed by atoms with Crippen molar-refractivity contribution < 1.29 is 26.3 Å². The molecular formula is C21H22F3N5O3S. The van der Waals surface area contributed by atoms with Crippen LogP contribution in [0.3, 0.4) is 0 Å². The molecule has 2 aromatic heterocycles. The Balaban J connectivity index is 1.47. The standard InChI is InChI=1S/C21H22F3N5O3S/c1-15-20(16(2)29(26-15)19-5-3-4-10-25-19)27-11-13-28(14-12-27)33(30,31)18-8-6-17(7-9-18)32-21(22,23)24/h3-10H,11-14H2,1-2H3. The maximum absolute atomic E-state index is 13.0. The number of hydrogen-bond donors (Lipinski definition) is 0. The predicted molar refractivity (Wildman–Crippen MR) is 115 cm³/mol. The predicted octanol–water partition coefficient (Wildman–Crippen LogP) is 3.29. The second-order valence-corrected chi connectivity index (χ2v) is 9.47. The number of halogens is 3. The number of rotatable bonds is 5. The van der Waals surface area contributed by atoms with E-state index in [1.807, 2.05) is 32.0 Å². The maximum Gasteiger partial charge on any atom is 0.573 e. The molecule has 3 aromatic rings. The lowest BCUT2D eigenvalue weighted by atomic mass is 10.2. The van der Waals surface area contributed by atoms with Gasteiger partial charge in [0, 0.05) is 32.4 Å². The van der Waals surface area contributed by atoms with Gasteiger partial charge in [0.15, 0.2) is 5.82 Å². The molecule has 176 valence electrons. The molecule has 1 saturated heterocycles. The average molecular weight is 482 g/mol. The van der Waals surface area contributed by atoms with Crippen LogP contribution in [0.5, 0.6) is 5.75 Å². The van der Waals surface area contributed by atoms with Gasteiger partial charge in [-0.15, -0.1) is 13.2 Å². The Hall–Kier alpha value is -3.12. The number of anilines is 1. The normalized spacial score (nSPS) is 15.6. The van der Waals surface area contributed by atoms with Crippen molar-refractivity contribution in [1.82, 2.24) is 19.1 Å². The van der Waals surface area contributed by atoms with Crippen LogP contribution >= 0.6 is 0 Å². The molecule has 0 radical (unpaired) electrons. The first-order valence-corrected chi connectivity index (χ1v) is 11.6. The molecule has 0 N–H and O–H groups in total. The summed E-state index contributed by atoms with van der Waals surface area (Å²) in [5.74, 6) is 0.227. The lowest BCUT2D eigenvalue weighted by Gasteiger charge is -2.35. The van der Waals surface area contributed by atoms with E-state index in [-0.39, 0.29) is 18.0 Å². The lowest BCUT2D eigenvalue weighted by molar-refractivity contribution is -0.274. The van der Waals surface area contributed by atoms with Crippen LogP contribution in [-0.4, -0.2) is 60.0 Å². The van der Waals surface area contributed by atoms with Crippen LogP contribution in [0, 0.1) is 13.8 Å². The molecule has 33 heavy (non-hydrogen) atoms. The van der Waals surface area contributed by atoms with Gasteiger partial charge < -0.3 is 9.64 Å². The summed E-state index contributed by atoms with van der Waals surface area (Å²) in [4.78, 5) is 6.34. The van der Waals surface area contributed by atoms with Crippen LogP contribution in [-0.2, 0) is 10.0 Å². The number of hydrogen-bond acceptors (Lipinski definition) is 6. The Morgan fingerprint density at radius 3 is 2.21 bits per heavy atom. The topological polar surface area (TPSA) is 80.6 Å². The highest BCUT2D eigenvalue weighted by molar-refractivity contribution is 7.89. The highest BCUT2D eigenvalue weighted by Crippen LogP contribution is 2.29. The molecule has 1 fully saturated rings. The first kappa shape index (κ1) is 23.1. The van der Waals surface area contributed by atoms with Crippen LogP contribution in [0.4, 0.5) is 18.9 Å². The van der Waals surface area contributed by atoms with E-state index >= 15 is 0 Å². The van der Waals surface area contributed by atoms with Crippen molar-refractivity contribution in [2.75, 3.05) is 31.1 Å². The number of aryl methyl sites for hydroxylation is 1. The quantitative estimate of drug-likeness (QED) is 0.557. The second-order valence-electron chi connectivity index (χ2n) is 7.53. The molecule has 4 rings (SSSR count). The summed E-state index contributed by atoms with van der Waals surface area (Å²) in [6, 6.07) is 9.79. The zero-order valence-corrected chi connectivity index (χ0v) is 18.8. The summed E-state index contributed by atoms with van der Waals surface area (Å²) in [5, 5.41) is 4.59. The molecular weight excluding hydrogens is 459 g/mol. The van der Waals surface area contributed by atoms with Crippen molar-refractivity contribution in [2.45, 2.75) is 25.1 Å². The minimum Gasteiger partial charge on any atom is -0.406 e. The van der Waals surface area contributed by atoms with E-state index < -0.39 is 22.1 Å². The third kappa shape index (κ3) is 4.81. The fourth-order valence-corrected chi connectivity index (χ4v) is 5.33. The van der Waals surface area contributed by atoms with Gasteiger partial charge in [-0.2, -0.15) is 9.40 Å². The maximum atomic E-state index is 13.0. The molecule has 1 aromatic carbocycles. The van der Waals surface area contributed by atoms with E-state index in [1.54, 1.807) is 10.9 Å². The molecule has 1 aliphatic rings. The van der Waals surface area contributed by atoms with E-state index in [0.717, 1.165) is 41.3 Å². The summed E-state index contributed by atoms with van der Waals surface area (Å²) in [6.45, 7) is 5.20.